The van der Waals surface area contributed by atoms with Crippen LogP contribution in [0.15, 0.2) is 60.7 Å². The summed E-state index contributed by atoms with van der Waals surface area (Å²) in [6.45, 7) is 8.22. The molecule has 31 nitrogen and oxygen atoms in total. The molecule has 0 aromatic heterocycles. The Labute approximate surface area is 619 Å². The number of rotatable bonds is 42. The Balaban J connectivity index is 1.88. The van der Waals surface area contributed by atoms with Gasteiger partial charge in [0.2, 0.25) is 0 Å². The van der Waals surface area contributed by atoms with Crippen molar-refractivity contribution in [2.75, 3.05) is 139 Å². The Morgan fingerprint density at radius 1 is 0.252 bits per heavy atom. The van der Waals surface area contributed by atoms with Gasteiger partial charge >= 0.3 is 53.7 Å². The Kier molecular flexibility index (Phi) is 35.8. The predicted octanol–water partition coefficient (Wildman–Crippen LogP) is 6.27. The average Bonchev–Trinajstić information content (AvgIpc) is 1.33. The zero-order chi connectivity index (χ0) is 77.6. The van der Waals surface area contributed by atoms with Crippen molar-refractivity contribution < 1.29 is 138 Å². The fraction of sp³-hybridized carbons (Fsp3) is 0.474. The lowest BCUT2D eigenvalue weighted by Gasteiger charge is -2.22. The van der Waals surface area contributed by atoms with E-state index in [1.165, 1.54) is 60.7 Å². The van der Waals surface area contributed by atoms with E-state index in [9.17, 15) is 47.9 Å². The zero-order valence-electron chi connectivity index (χ0n) is 61.8. The molecule has 0 saturated heterocycles. The van der Waals surface area contributed by atoms with Gasteiger partial charge < -0.3 is 101 Å². The Hall–Kier alpha value is -11.2. The number of nitrogens with two attached hydrogens (primary N) is 1. The molecule has 10 bridgehead atoms. The summed E-state index contributed by atoms with van der Waals surface area (Å²) in [6, 6.07) is 15.2. The lowest BCUT2D eigenvalue weighted by molar-refractivity contribution is -0.146. The van der Waals surface area contributed by atoms with E-state index in [0.29, 0.717) is 6.42 Å². The third-order valence-electron chi connectivity index (χ3n) is 15.0. The normalized spacial score (nSPS) is 11.3. The summed E-state index contributed by atoms with van der Waals surface area (Å²) in [4.78, 5) is 134. The van der Waals surface area contributed by atoms with Crippen molar-refractivity contribution in [3.63, 3.8) is 0 Å². The van der Waals surface area contributed by atoms with Gasteiger partial charge in [0.1, 0.15) is 57.5 Å². The highest BCUT2D eigenvalue weighted by atomic mass is 16.6. The number of esters is 9. The van der Waals surface area contributed by atoms with Gasteiger partial charge in [0.25, 0.3) is 5.91 Å². The number of hydrogen-bond donors (Lipinski definition) is 2. The molecule has 0 atom stereocenters. The first kappa shape index (κ1) is 84.7. The summed E-state index contributed by atoms with van der Waals surface area (Å²) >= 11 is 0. The van der Waals surface area contributed by atoms with Crippen molar-refractivity contribution in [3.8, 4) is 57.5 Å². The van der Waals surface area contributed by atoms with Gasteiger partial charge in [-0.15, -0.1) is 0 Å². The molecule has 0 radical (unpaired) electrons. The van der Waals surface area contributed by atoms with E-state index in [4.69, 9.17) is 95.7 Å². The Morgan fingerprint density at radius 2 is 0.393 bits per heavy atom. The minimum atomic E-state index is -0.774. The highest BCUT2D eigenvalue weighted by molar-refractivity contribution is 5.78. The molecule has 5 aromatic carbocycles. The number of hydrogen-bond acceptors (Lipinski definition) is 30. The molecule has 1 amide bonds. The average molecular weight is 1500 g/mol. The summed E-state index contributed by atoms with van der Waals surface area (Å²) in [5.74, 6) is -7.43. The third-order valence-corrected chi connectivity index (χ3v) is 15.0. The van der Waals surface area contributed by atoms with Gasteiger partial charge in [-0.1, -0.05) is 0 Å². The van der Waals surface area contributed by atoms with Gasteiger partial charge in [-0.2, -0.15) is 0 Å². The Bertz CT molecular complexity index is 3680. The van der Waals surface area contributed by atoms with Crippen LogP contribution in [0.2, 0.25) is 0 Å². The van der Waals surface area contributed by atoms with Crippen molar-refractivity contribution in [2.24, 2.45) is 5.73 Å². The lowest BCUT2D eigenvalue weighted by Crippen LogP contribution is -2.30. The van der Waals surface area contributed by atoms with E-state index in [-0.39, 0.29) is 218 Å². The first-order valence-electron chi connectivity index (χ1n) is 35.1. The quantitative estimate of drug-likeness (QED) is 0.0242. The standard InChI is InChI=1S/C76H94N2O29/c1-10-89-68(80)38-99-58-28-47-22-49-29-60(101-40-70(82)91-12-3)51(31-59(49)100-39-69(81)90-11-2)24-53-33-64(105-44-74(86)95-16-7)55(35-63(53)104-43-73(85)94-15-6)26-56-36-65(106-45-75(87)96-17-8)54(34-66(56)107-46-76(88)97-18-9)25-52-32-61(102-41-71(83)92-13-4)50(30-62(52)103-42-72(84)93-14-5)23-48(58)27-57(47)98-37-67(79)78-21-19-20-77/h27-36H,10-26,37-46,77H2,1-9H3,(H,78,79). The highest BCUT2D eigenvalue weighted by Crippen LogP contribution is 2.43. The molecule has 0 saturated carbocycles. The van der Waals surface area contributed by atoms with Crippen LogP contribution in [0.25, 0.3) is 0 Å². The SMILES string of the molecule is CCOC(=O)COc1cc2c(OCC(=O)OCC)cc1Cc1cc(OCC(=O)OCC)c(cc1OCC(=O)NCCCN)Cc1cc(OCC(=O)OCC)c(cc1OCC(=O)OCC)Cc1cc(OCC(=O)OCC)c(cc1OCC(=O)OCC)Cc1cc(OCC(=O)OCC)c(cc1OCC(=O)OCC)C2. The second kappa shape index (κ2) is 45.2. The van der Waals surface area contributed by atoms with Crippen LogP contribution in [0, 0.1) is 0 Å². The van der Waals surface area contributed by atoms with Crippen molar-refractivity contribution in [1.29, 1.82) is 0 Å². The van der Waals surface area contributed by atoms with E-state index < -0.39 is 126 Å². The van der Waals surface area contributed by atoms with Crippen molar-refractivity contribution in [3.05, 3.63) is 116 Å². The molecular formula is C76H94N2O29. The molecule has 582 valence electrons. The fourth-order valence-electron chi connectivity index (χ4n) is 10.5. The molecule has 0 heterocycles. The Morgan fingerprint density at radius 3 is 0.523 bits per heavy atom. The van der Waals surface area contributed by atoms with Gasteiger partial charge in [0.05, 0.1) is 59.5 Å². The van der Waals surface area contributed by atoms with Gasteiger partial charge in [0, 0.05) is 94.3 Å². The van der Waals surface area contributed by atoms with Crippen molar-refractivity contribution in [1.82, 2.24) is 5.32 Å². The monoisotopic (exact) mass is 1500 g/mol. The van der Waals surface area contributed by atoms with Crippen molar-refractivity contribution in [2.45, 2.75) is 101 Å². The molecule has 0 unspecified atom stereocenters. The van der Waals surface area contributed by atoms with Crippen LogP contribution >= 0.6 is 0 Å². The van der Waals surface area contributed by atoms with Crippen LogP contribution in [0.5, 0.6) is 57.5 Å². The molecule has 0 spiro atoms. The third kappa shape index (κ3) is 28.0. The second-order valence-electron chi connectivity index (χ2n) is 22.8. The summed E-state index contributed by atoms with van der Waals surface area (Å²) in [5, 5.41) is 2.78. The van der Waals surface area contributed by atoms with Gasteiger partial charge in [-0.3, -0.25) is 4.79 Å². The molecule has 107 heavy (non-hydrogen) atoms. The largest absolute Gasteiger partial charge is 0.483 e. The van der Waals surface area contributed by atoms with E-state index in [2.05, 4.69) is 5.32 Å². The molecule has 15 rings (SSSR count). The fourth-order valence-corrected chi connectivity index (χ4v) is 10.5. The van der Waals surface area contributed by atoms with Crippen LogP contribution in [0.4, 0.5) is 0 Å². The second-order valence-corrected chi connectivity index (χ2v) is 22.8. The maximum Gasteiger partial charge on any atom is 0.344 e. The maximum absolute atomic E-state index is 13.7. The van der Waals surface area contributed by atoms with Gasteiger partial charge in [0.15, 0.2) is 66.1 Å². The molecular weight excluding hydrogens is 1400 g/mol. The summed E-state index contributed by atoms with van der Waals surface area (Å²) in [7, 11) is 0. The van der Waals surface area contributed by atoms with Crippen LogP contribution in [0.3, 0.4) is 0 Å². The number of ether oxygens (including phenoxy) is 19. The predicted molar refractivity (Wildman–Crippen MR) is 378 cm³/mol. The number of nitrogens with one attached hydrogen (secondary N) is 1. The highest BCUT2D eigenvalue weighted by Gasteiger charge is 2.28. The number of carbonyl (C=O) groups excluding carboxylic acids is 10. The molecule has 10 aliphatic carbocycles. The first-order valence-corrected chi connectivity index (χ1v) is 35.1. The summed E-state index contributed by atoms with van der Waals surface area (Å²) in [6.07, 6.45) is -0.797. The van der Waals surface area contributed by atoms with Crippen LogP contribution < -0.4 is 58.4 Å². The zero-order valence-corrected chi connectivity index (χ0v) is 61.8. The van der Waals surface area contributed by atoms with E-state index in [1.807, 2.05) is 0 Å². The smallest absolute Gasteiger partial charge is 0.344 e. The van der Waals surface area contributed by atoms with Gasteiger partial charge in [-0.25, -0.2) is 43.2 Å². The van der Waals surface area contributed by atoms with Crippen LogP contribution in [-0.2, 0) is 123 Å². The molecule has 5 aromatic rings. The molecule has 31 heteroatoms. The van der Waals surface area contributed by atoms with Crippen LogP contribution in [-0.4, -0.2) is 198 Å². The molecule has 3 N–H and O–H groups in total. The lowest BCUT2D eigenvalue weighted by atomic mass is 9.94. The summed E-state index contributed by atoms with van der Waals surface area (Å²) < 4.78 is 112. The van der Waals surface area contributed by atoms with Gasteiger partial charge in [-0.05, 0) is 136 Å². The number of carbonyl (C=O) groups is 10. The molecule has 0 aliphatic heterocycles. The topological polar surface area (TPSA) is 384 Å². The first-order chi connectivity index (χ1) is 51.7. The molecule has 10 aliphatic rings. The van der Waals surface area contributed by atoms with E-state index >= 15 is 0 Å². The minimum absolute atomic E-state index is 0.00422. The summed E-state index contributed by atoms with van der Waals surface area (Å²) in [5.41, 5.74) is 8.13. The maximum atomic E-state index is 13.7. The van der Waals surface area contributed by atoms with Crippen molar-refractivity contribution >= 4 is 59.6 Å². The number of amides is 1. The van der Waals surface area contributed by atoms with E-state index in [0.717, 1.165) is 0 Å². The number of benzene rings is 5. The van der Waals surface area contributed by atoms with Crippen LogP contribution in [0.1, 0.15) is 124 Å². The minimum Gasteiger partial charge on any atom is -0.483 e. The van der Waals surface area contributed by atoms with E-state index in [1.54, 1.807) is 62.3 Å². The molecule has 0 fully saturated rings.